The Balaban J connectivity index is 2.78. The van der Waals surface area contributed by atoms with E-state index in [1.807, 2.05) is 13.8 Å². The highest BCUT2D eigenvalue weighted by Gasteiger charge is 2.25. The van der Waals surface area contributed by atoms with Gasteiger partial charge in [0.15, 0.2) is 0 Å². The summed E-state index contributed by atoms with van der Waals surface area (Å²) in [5.41, 5.74) is 0.257. The first-order valence-corrected chi connectivity index (χ1v) is 6.25. The number of methoxy groups -OCH3 is 1. The summed E-state index contributed by atoms with van der Waals surface area (Å²) >= 11 is 3.23. The van der Waals surface area contributed by atoms with E-state index in [-0.39, 0.29) is 11.6 Å². The molecule has 0 saturated carbocycles. The van der Waals surface area contributed by atoms with Crippen LogP contribution < -0.4 is 5.32 Å². The summed E-state index contributed by atoms with van der Waals surface area (Å²) in [6.45, 7) is 3.66. The quantitative estimate of drug-likeness (QED) is 0.860. The zero-order chi connectivity index (χ0) is 13.7. The van der Waals surface area contributed by atoms with Crippen LogP contribution in [0.15, 0.2) is 22.8 Å². The van der Waals surface area contributed by atoms with Gasteiger partial charge >= 0.3 is 5.97 Å². The van der Waals surface area contributed by atoms with E-state index in [2.05, 4.69) is 31.0 Å². The molecule has 6 heteroatoms. The smallest absolute Gasteiger partial charge is 0.328 e. The van der Waals surface area contributed by atoms with Crippen LogP contribution in [0.2, 0.25) is 0 Å². The molecule has 0 aromatic carbocycles. The number of aromatic nitrogens is 1. The van der Waals surface area contributed by atoms with E-state index in [1.165, 1.54) is 13.3 Å². The van der Waals surface area contributed by atoms with Crippen molar-refractivity contribution < 1.29 is 14.3 Å². The summed E-state index contributed by atoms with van der Waals surface area (Å²) < 4.78 is 5.43. The summed E-state index contributed by atoms with van der Waals surface area (Å²) in [6.07, 6.45) is 1.53. The largest absolute Gasteiger partial charge is 0.467 e. The van der Waals surface area contributed by atoms with E-state index < -0.39 is 17.9 Å². The molecule has 0 spiro atoms. The lowest BCUT2D eigenvalue weighted by molar-refractivity contribution is -0.144. The minimum absolute atomic E-state index is 0.0585. The maximum absolute atomic E-state index is 11.9. The fourth-order valence-corrected chi connectivity index (χ4v) is 1.58. The molecule has 1 N–H and O–H groups in total. The van der Waals surface area contributed by atoms with E-state index in [1.54, 1.807) is 12.1 Å². The third-order valence-electron chi connectivity index (χ3n) is 2.37. The molecule has 0 saturated heterocycles. The van der Waals surface area contributed by atoms with Gasteiger partial charge in [0.25, 0.3) is 5.91 Å². The number of carbonyl (C=O) groups excluding carboxylic acids is 2. The Morgan fingerprint density at radius 2 is 2.06 bits per heavy atom. The summed E-state index contributed by atoms with van der Waals surface area (Å²) in [7, 11) is 1.29. The van der Waals surface area contributed by atoms with Crippen molar-refractivity contribution in [1.82, 2.24) is 10.3 Å². The summed E-state index contributed by atoms with van der Waals surface area (Å²) in [4.78, 5) is 27.4. The molecule has 5 nitrogen and oxygen atoms in total. The van der Waals surface area contributed by atoms with Gasteiger partial charge in [0.05, 0.1) is 7.11 Å². The van der Waals surface area contributed by atoms with Crippen LogP contribution in [0.25, 0.3) is 0 Å². The maximum Gasteiger partial charge on any atom is 0.328 e. The molecule has 1 aromatic heterocycles. The van der Waals surface area contributed by atoms with Crippen molar-refractivity contribution in [2.24, 2.45) is 5.92 Å². The Labute approximate surface area is 114 Å². The molecule has 18 heavy (non-hydrogen) atoms. The molecule has 0 aliphatic heterocycles. The van der Waals surface area contributed by atoms with E-state index >= 15 is 0 Å². The number of carbonyl (C=O) groups is 2. The summed E-state index contributed by atoms with van der Waals surface area (Å²) in [5.74, 6) is -0.918. The predicted octanol–water partition coefficient (Wildman–Crippen LogP) is 1.77. The second-order valence-electron chi connectivity index (χ2n) is 4.08. The number of pyridine rings is 1. The molecule has 1 amide bonds. The van der Waals surface area contributed by atoms with Crippen molar-refractivity contribution >= 4 is 27.8 Å². The van der Waals surface area contributed by atoms with Crippen molar-refractivity contribution in [3.05, 3.63) is 28.5 Å². The summed E-state index contributed by atoms with van der Waals surface area (Å²) in [6, 6.07) is 2.62. The van der Waals surface area contributed by atoms with Crippen LogP contribution in [0.1, 0.15) is 24.3 Å². The van der Waals surface area contributed by atoms with Gasteiger partial charge in [-0.15, -0.1) is 0 Å². The van der Waals surface area contributed by atoms with Gasteiger partial charge < -0.3 is 10.1 Å². The molecule has 1 heterocycles. The molecule has 0 aliphatic carbocycles. The molecule has 0 radical (unpaired) electrons. The van der Waals surface area contributed by atoms with Crippen molar-refractivity contribution in [2.75, 3.05) is 7.11 Å². The van der Waals surface area contributed by atoms with Crippen LogP contribution in [0.4, 0.5) is 0 Å². The SMILES string of the molecule is COC(=O)[C@@H](NC(=O)c1ccc(Br)cn1)C(C)C. The normalized spacial score (nSPS) is 12.1. The maximum atomic E-state index is 11.9. The number of ether oxygens (including phenoxy) is 1. The van der Waals surface area contributed by atoms with Crippen LogP contribution in [-0.2, 0) is 9.53 Å². The Kier molecular flexibility index (Phi) is 5.27. The van der Waals surface area contributed by atoms with Crippen molar-refractivity contribution in [3.8, 4) is 0 Å². The fraction of sp³-hybridized carbons (Fsp3) is 0.417. The van der Waals surface area contributed by atoms with Gasteiger partial charge in [-0.25, -0.2) is 9.78 Å². The number of nitrogens with one attached hydrogen (secondary N) is 1. The lowest BCUT2D eigenvalue weighted by Crippen LogP contribution is -2.45. The van der Waals surface area contributed by atoms with E-state index in [4.69, 9.17) is 0 Å². The standard InChI is InChI=1S/C12H15BrN2O3/c1-7(2)10(12(17)18-3)15-11(16)9-5-4-8(13)6-14-9/h4-7,10H,1-3H3,(H,15,16)/t10-/m0/s1. The molecule has 0 fully saturated rings. The number of hydrogen-bond acceptors (Lipinski definition) is 4. The lowest BCUT2D eigenvalue weighted by atomic mass is 10.0. The molecule has 0 unspecified atom stereocenters. The van der Waals surface area contributed by atoms with E-state index in [0.29, 0.717) is 0 Å². The Morgan fingerprint density at radius 1 is 1.39 bits per heavy atom. The molecule has 1 aromatic rings. The van der Waals surface area contributed by atoms with Gasteiger partial charge in [0.2, 0.25) is 0 Å². The highest BCUT2D eigenvalue weighted by Crippen LogP contribution is 2.09. The Bertz CT molecular complexity index is 431. The number of amides is 1. The first kappa shape index (κ1) is 14.6. The zero-order valence-electron chi connectivity index (χ0n) is 10.4. The Morgan fingerprint density at radius 3 is 2.50 bits per heavy atom. The molecule has 98 valence electrons. The number of rotatable bonds is 4. The van der Waals surface area contributed by atoms with Crippen molar-refractivity contribution in [1.29, 1.82) is 0 Å². The van der Waals surface area contributed by atoms with Crippen LogP contribution in [0, 0.1) is 5.92 Å². The highest BCUT2D eigenvalue weighted by atomic mass is 79.9. The van der Waals surface area contributed by atoms with Gasteiger partial charge in [-0.1, -0.05) is 13.8 Å². The molecular weight excluding hydrogens is 300 g/mol. The van der Waals surface area contributed by atoms with Gasteiger partial charge in [0, 0.05) is 10.7 Å². The van der Waals surface area contributed by atoms with Gasteiger partial charge in [-0.2, -0.15) is 0 Å². The number of esters is 1. The number of nitrogens with zero attached hydrogens (tertiary/aromatic N) is 1. The van der Waals surface area contributed by atoms with Gasteiger partial charge in [-0.05, 0) is 34.0 Å². The molecular formula is C12H15BrN2O3. The second kappa shape index (κ2) is 6.49. The van der Waals surface area contributed by atoms with Crippen molar-refractivity contribution in [3.63, 3.8) is 0 Å². The van der Waals surface area contributed by atoms with Crippen molar-refractivity contribution in [2.45, 2.75) is 19.9 Å². The number of halogens is 1. The average molecular weight is 315 g/mol. The first-order chi connectivity index (χ1) is 8.45. The molecule has 0 aliphatic rings. The van der Waals surface area contributed by atoms with E-state index in [0.717, 1.165) is 4.47 Å². The monoisotopic (exact) mass is 314 g/mol. The fourth-order valence-electron chi connectivity index (χ4n) is 1.35. The van der Waals surface area contributed by atoms with E-state index in [9.17, 15) is 9.59 Å². The second-order valence-corrected chi connectivity index (χ2v) is 5.00. The third kappa shape index (κ3) is 3.80. The first-order valence-electron chi connectivity index (χ1n) is 5.46. The Hall–Kier alpha value is -1.43. The zero-order valence-corrected chi connectivity index (χ0v) is 12.0. The van der Waals surface area contributed by atoms with Gasteiger partial charge in [-0.3, -0.25) is 4.79 Å². The average Bonchev–Trinajstić information content (AvgIpc) is 2.35. The molecule has 1 rings (SSSR count). The lowest BCUT2D eigenvalue weighted by Gasteiger charge is -2.19. The number of hydrogen-bond donors (Lipinski definition) is 1. The topological polar surface area (TPSA) is 68.3 Å². The highest BCUT2D eigenvalue weighted by molar-refractivity contribution is 9.10. The van der Waals surface area contributed by atoms with Gasteiger partial charge in [0.1, 0.15) is 11.7 Å². The molecule has 0 bridgehead atoms. The minimum Gasteiger partial charge on any atom is -0.467 e. The van der Waals surface area contributed by atoms with Crippen LogP contribution in [0.3, 0.4) is 0 Å². The third-order valence-corrected chi connectivity index (χ3v) is 2.84. The minimum atomic E-state index is -0.673. The summed E-state index contributed by atoms with van der Waals surface area (Å²) in [5, 5.41) is 2.61. The van der Waals surface area contributed by atoms with Crippen LogP contribution in [-0.4, -0.2) is 30.0 Å². The van der Waals surface area contributed by atoms with Crippen LogP contribution in [0.5, 0.6) is 0 Å². The van der Waals surface area contributed by atoms with Crippen LogP contribution >= 0.6 is 15.9 Å². The predicted molar refractivity (Wildman–Crippen MR) is 70.0 cm³/mol. The molecule has 1 atom stereocenters.